The largest absolute Gasteiger partial charge is 0.493 e. The summed E-state index contributed by atoms with van der Waals surface area (Å²) in [6.45, 7) is 2.97. The van der Waals surface area contributed by atoms with Crippen LogP contribution >= 0.6 is 0 Å². The van der Waals surface area contributed by atoms with Crippen LogP contribution in [0.3, 0.4) is 0 Å². The third-order valence-corrected chi connectivity index (χ3v) is 3.04. The smallest absolute Gasteiger partial charge is 0.124 e. The van der Waals surface area contributed by atoms with Gasteiger partial charge in [-0.25, -0.2) is 0 Å². The summed E-state index contributed by atoms with van der Waals surface area (Å²) in [6, 6.07) is 4.36. The van der Waals surface area contributed by atoms with E-state index in [9.17, 15) is 0 Å². The molecule has 0 saturated heterocycles. The zero-order valence-corrected chi connectivity index (χ0v) is 8.97. The van der Waals surface area contributed by atoms with Gasteiger partial charge in [0, 0.05) is 6.07 Å². The first kappa shape index (κ1) is 8.89. The number of hydrogen-bond acceptors (Lipinski definition) is 3. The summed E-state index contributed by atoms with van der Waals surface area (Å²) < 4.78 is 5.74. The van der Waals surface area contributed by atoms with E-state index in [0.29, 0.717) is 6.17 Å². The molecule has 0 fully saturated rings. The molecule has 1 atom stereocenters. The minimum Gasteiger partial charge on any atom is -0.493 e. The normalized spacial score (nSPS) is 22.9. The van der Waals surface area contributed by atoms with E-state index in [4.69, 9.17) is 4.74 Å². The van der Waals surface area contributed by atoms with E-state index in [1.54, 1.807) is 0 Å². The molecule has 0 spiro atoms. The number of rotatable bonds is 0. The van der Waals surface area contributed by atoms with Crippen LogP contribution in [0, 0.1) is 0 Å². The lowest BCUT2D eigenvalue weighted by molar-refractivity contribution is 0.317. The van der Waals surface area contributed by atoms with Crippen LogP contribution in [0.25, 0.3) is 0 Å². The number of aryl methyl sites for hydroxylation is 1. The summed E-state index contributed by atoms with van der Waals surface area (Å²) >= 11 is 0. The van der Waals surface area contributed by atoms with Gasteiger partial charge >= 0.3 is 0 Å². The van der Waals surface area contributed by atoms with Gasteiger partial charge in [-0.15, -0.1) is 0 Å². The van der Waals surface area contributed by atoms with Crippen LogP contribution in [0.15, 0.2) is 12.1 Å². The van der Waals surface area contributed by atoms with Crippen molar-refractivity contribution in [2.24, 2.45) is 0 Å². The molecule has 2 N–H and O–H groups in total. The number of nitrogens with one attached hydrogen (secondary N) is 2. The van der Waals surface area contributed by atoms with E-state index < -0.39 is 0 Å². The van der Waals surface area contributed by atoms with Crippen LogP contribution in [-0.4, -0.2) is 12.8 Å². The molecule has 1 aromatic rings. The first-order valence-corrected chi connectivity index (χ1v) is 5.66. The summed E-state index contributed by atoms with van der Waals surface area (Å²) in [5, 5.41) is 6.78. The second kappa shape index (κ2) is 3.33. The Morgan fingerprint density at radius 3 is 2.87 bits per heavy atom. The maximum atomic E-state index is 5.74. The van der Waals surface area contributed by atoms with E-state index in [0.717, 1.165) is 25.2 Å². The van der Waals surface area contributed by atoms with E-state index in [1.165, 1.54) is 23.4 Å². The van der Waals surface area contributed by atoms with Crippen LogP contribution in [0.1, 0.15) is 25.3 Å². The van der Waals surface area contributed by atoms with Crippen LogP contribution in [0.2, 0.25) is 0 Å². The van der Waals surface area contributed by atoms with E-state index >= 15 is 0 Å². The topological polar surface area (TPSA) is 33.3 Å². The Balaban J connectivity index is 2.02. The van der Waals surface area contributed by atoms with Crippen molar-refractivity contribution in [3.05, 3.63) is 17.7 Å². The average molecular weight is 204 g/mol. The van der Waals surface area contributed by atoms with Crippen LogP contribution < -0.4 is 15.4 Å². The third-order valence-electron chi connectivity index (χ3n) is 3.04. The second-order valence-corrected chi connectivity index (χ2v) is 4.32. The van der Waals surface area contributed by atoms with Gasteiger partial charge in [0.2, 0.25) is 0 Å². The Kier molecular flexibility index (Phi) is 1.97. The van der Waals surface area contributed by atoms with E-state index in [1.807, 2.05) is 0 Å². The van der Waals surface area contributed by atoms with E-state index in [-0.39, 0.29) is 0 Å². The molecule has 0 aromatic heterocycles. The highest BCUT2D eigenvalue weighted by molar-refractivity contribution is 5.77. The number of ether oxygens (including phenoxy) is 1. The van der Waals surface area contributed by atoms with Crippen molar-refractivity contribution in [1.29, 1.82) is 0 Å². The number of fused-ring (bicyclic) bond motifs is 2. The quantitative estimate of drug-likeness (QED) is 0.681. The van der Waals surface area contributed by atoms with Gasteiger partial charge in [0.25, 0.3) is 0 Å². The molecule has 2 aliphatic rings. The molecule has 3 nitrogen and oxygen atoms in total. The Morgan fingerprint density at radius 2 is 2.00 bits per heavy atom. The van der Waals surface area contributed by atoms with Crippen molar-refractivity contribution in [1.82, 2.24) is 0 Å². The monoisotopic (exact) mass is 204 g/mol. The minimum absolute atomic E-state index is 0.325. The predicted octanol–water partition coefficient (Wildman–Crippen LogP) is 2.59. The molecule has 0 saturated carbocycles. The average Bonchev–Trinajstić information content (AvgIpc) is 2.44. The summed E-state index contributed by atoms with van der Waals surface area (Å²) in [5.74, 6) is 1.06. The molecule has 1 aromatic carbocycles. The Hall–Kier alpha value is -1.38. The number of hydrogen-bond donors (Lipinski definition) is 2. The highest BCUT2D eigenvalue weighted by Crippen LogP contribution is 2.37. The molecule has 0 radical (unpaired) electrons. The molecular weight excluding hydrogens is 188 g/mol. The summed E-state index contributed by atoms with van der Waals surface area (Å²) in [4.78, 5) is 0. The fraction of sp³-hybridized carbons (Fsp3) is 0.500. The van der Waals surface area contributed by atoms with Crippen LogP contribution in [0.4, 0.5) is 11.4 Å². The molecule has 15 heavy (non-hydrogen) atoms. The first-order valence-electron chi connectivity index (χ1n) is 5.66. The van der Waals surface area contributed by atoms with Crippen molar-refractivity contribution >= 4 is 11.4 Å². The van der Waals surface area contributed by atoms with Crippen molar-refractivity contribution in [2.45, 2.75) is 32.4 Å². The summed E-state index contributed by atoms with van der Waals surface area (Å²) in [6.07, 6.45) is 3.86. The molecule has 2 aliphatic heterocycles. The highest BCUT2D eigenvalue weighted by atomic mass is 16.5. The molecule has 3 heteroatoms. The second-order valence-electron chi connectivity index (χ2n) is 4.32. The highest BCUT2D eigenvalue weighted by Gasteiger charge is 2.19. The zero-order valence-electron chi connectivity index (χ0n) is 8.97. The van der Waals surface area contributed by atoms with Gasteiger partial charge in [0.15, 0.2) is 0 Å². The fourth-order valence-electron chi connectivity index (χ4n) is 2.30. The minimum atomic E-state index is 0.325. The first-order chi connectivity index (χ1) is 7.33. The van der Waals surface area contributed by atoms with E-state index in [2.05, 4.69) is 29.7 Å². The Bertz CT molecular complexity index is 354. The van der Waals surface area contributed by atoms with Gasteiger partial charge in [0.05, 0.1) is 24.1 Å². The SMILES string of the molecule is CC1Nc2cc3c(cc2N1)OCCCC3. The van der Waals surface area contributed by atoms with Crippen LogP contribution in [-0.2, 0) is 6.42 Å². The van der Waals surface area contributed by atoms with Gasteiger partial charge in [-0.3, -0.25) is 0 Å². The fourth-order valence-corrected chi connectivity index (χ4v) is 2.30. The third kappa shape index (κ3) is 1.52. The molecule has 80 valence electrons. The maximum Gasteiger partial charge on any atom is 0.124 e. The zero-order chi connectivity index (χ0) is 10.3. The number of anilines is 2. The molecule has 0 aliphatic carbocycles. The lowest BCUT2D eigenvalue weighted by Crippen LogP contribution is -2.16. The molecule has 0 bridgehead atoms. The summed E-state index contributed by atoms with van der Waals surface area (Å²) in [7, 11) is 0. The van der Waals surface area contributed by atoms with Crippen LogP contribution in [0.5, 0.6) is 5.75 Å². The Morgan fingerprint density at radius 1 is 1.20 bits per heavy atom. The van der Waals surface area contributed by atoms with Crippen molar-refractivity contribution in [2.75, 3.05) is 17.2 Å². The molecule has 1 unspecified atom stereocenters. The Labute approximate surface area is 89.8 Å². The molecule has 3 rings (SSSR count). The van der Waals surface area contributed by atoms with Gasteiger partial charge in [0.1, 0.15) is 5.75 Å². The van der Waals surface area contributed by atoms with Gasteiger partial charge in [-0.1, -0.05) is 0 Å². The molecule has 0 amide bonds. The van der Waals surface area contributed by atoms with Gasteiger partial charge in [-0.05, 0) is 37.8 Å². The lowest BCUT2D eigenvalue weighted by Gasteiger charge is -2.09. The predicted molar refractivity (Wildman–Crippen MR) is 61.6 cm³/mol. The van der Waals surface area contributed by atoms with Crippen molar-refractivity contribution in [3.63, 3.8) is 0 Å². The van der Waals surface area contributed by atoms with Crippen molar-refractivity contribution < 1.29 is 4.74 Å². The summed E-state index contributed by atoms with van der Waals surface area (Å²) in [5.41, 5.74) is 3.73. The van der Waals surface area contributed by atoms with Gasteiger partial charge in [-0.2, -0.15) is 0 Å². The molecular formula is C12H16N2O. The van der Waals surface area contributed by atoms with Gasteiger partial charge < -0.3 is 15.4 Å². The number of benzene rings is 1. The van der Waals surface area contributed by atoms with Crippen molar-refractivity contribution in [3.8, 4) is 5.75 Å². The lowest BCUT2D eigenvalue weighted by atomic mass is 10.1. The maximum absolute atomic E-state index is 5.74. The standard InChI is InChI=1S/C12H16N2O/c1-8-13-10-6-9-4-2-3-5-15-12(9)7-11(10)14-8/h6-8,13-14H,2-5H2,1H3. The molecule has 2 heterocycles.